The molecule has 13 heteroatoms. The quantitative estimate of drug-likeness (QED) is 0.180. The Bertz CT molecular complexity index is 1330. The summed E-state index contributed by atoms with van der Waals surface area (Å²) in [6.45, 7) is 1.03. The van der Waals surface area contributed by atoms with E-state index in [2.05, 4.69) is 10.1 Å². The number of rotatable bonds is 10. The van der Waals surface area contributed by atoms with Crippen LogP contribution < -0.4 is 11.1 Å². The number of nitrogens with one attached hydrogen (secondary N) is 1. The highest BCUT2D eigenvalue weighted by Crippen LogP contribution is 2.54. The first-order valence-electron chi connectivity index (χ1n) is 11.6. The van der Waals surface area contributed by atoms with E-state index in [1.807, 2.05) is 42.5 Å². The topological polar surface area (TPSA) is 136 Å². The van der Waals surface area contributed by atoms with Gasteiger partial charge < -0.3 is 20.7 Å². The van der Waals surface area contributed by atoms with Gasteiger partial charge in [0.15, 0.2) is 0 Å². The van der Waals surface area contributed by atoms with Crippen molar-refractivity contribution in [3.63, 3.8) is 0 Å². The number of thiophene rings is 1. The second-order valence-electron chi connectivity index (χ2n) is 8.84. The molecule has 0 saturated carbocycles. The van der Waals surface area contributed by atoms with Crippen LogP contribution >= 0.6 is 18.7 Å². The Morgan fingerprint density at radius 3 is 2.23 bits per heavy atom. The molecule has 0 aliphatic carbocycles. The highest BCUT2D eigenvalue weighted by molar-refractivity contribution is 7.58. The van der Waals surface area contributed by atoms with Gasteiger partial charge in [-0.25, -0.2) is 9.59 Å². The minimum Gasteiger partial charge on any atom is -0.385 e. The predicted molar refractivity (Wildman–Crippen MR) is 140 cm³/mol. The van der Waals surface area contributed by atoms with Crippen molar-refractivity contribution < 1.29 is 41.8 Å². The number of benzene rings is 2. The second kappa shape index (κ2) is 12.7. The summed E-state index contributed by atoms with van der Waals surface area (Å²) in [5, 5.41) is 5.48. The first-order chi connectivity index (χ1) is 18.3. The Balaban J connectivity index is 1.80. The normalized spacial score (nSPS) is 15.4. The van der Waals surface area contributed by atoms with Gasteiger partial charge in [0.25, 0.3) is 0 Å². The molecule has 1 amide bonds. The molecular weight excluding hydrogens is 556 g/mol. The van der Waals surface area contributed by atoms with E-state index in [1.54, 1.807) is 29.0 Å². The summed E-state index contributed by atoms with van der Waals surface area (Å²) >= 11 is 1.28. The molecule has 8 nitrogen and oxygen atoms in total. The fourth-order valence-electron chi connectivity index (χ4n) is 3.72. The first kappa shape index (κ1) is 30.2. The van der Waals surface area contributed by atoms with E-state index in [0.29, 0.717) is 11.1 Å². The number of esters is 2. The van der Waals surface area contributed by atoms with Crippen molar-refractivity contribution in [1.29, 1.82) is 0 Å². The van der Waals surface area contributed by atoms with Crippen LogP contribution in [0.15, 0.2) is 71.4 Å². The highest BCUT2D eigenvalue weighted by Gasteiger charge is 2.43. The number of alkyl halides is 3. The number of carbonyl (C=O) groups is 3. The zero-order valence-electron chi connectivity index (χ0n) is 20.6. The Labute approximate surface area is 226 Å². The summed E-state index contributed by atoms with van der Waals surface area (Å²) in [5.74, 6) is -7.70. The van der Waals surface area contributed by atoms with Crippen LogP contribution in [-0.4, -0.2) is 41.1 Å². The first-order valence-corrected chi connectivity index (χ1v) is 14.5. The number of ether oxygens (including phenoxy) is 1. The van der Waals surface area contributed by atoms with Crippen molar-refractivity contribution in [3.05, 3.63) is 82.6 Å². The number of nitrogens with two attached hydrogens (primary N) is 1. The smallest absolute Gasteiger partial charge is 0.385 e. The van der Waals surface area contributed by atoms with Crippen LogP contribution in [0.5, 0.6) is 0 Å². The molecule has 39 heavy (non-hydrogen) atoms. The highest BCUT2D eigenvalue weighted by atomic mass is 32.1. The molecule has 1 aromatic heterocycles. The van der Waals surface area contributed by atoms with Gasteiger partial charge >= 0.3 is 18.1 Å². The average molecular weight is 583 g/mol. The van der Waals surface area contributed by atoms with Gasteiger partial charge in [0.1, 0.15) is 11.8 Å². The molecule has 0 saturated heterocycles. The van der Waals surface area contributed by atoms with E-state index in [0.717, 1.165) is 18.1 Å². The number of hydrogen-bond acceptors (Lipinski definition) is 7. The molecule has 3 rings (SSSR count). The maximum Gasteiger partial charge on any atom is 0.491 e. The van der Waals surface area contributed by atoms with Crippen LogP contribution in [0, 0.1) is 5.92 Å². The third-order valence-corrected chi connectivity index (χ3v) is 8.69. The van der Waals surface area contributed by atoms with Gasteiger partial charge in [-0.1, -0.05) is 54.6 Å². The zero-order valence-corrected chi connectivity index (χ0v) is 22.3. The summed E-state index contributed by atoms with van der Waals surface area (Å²) < 4.78 is 54.3. The third-order valence-electron chi connectivity index (χ3n) is 5.85. The van der Waals surface area contributed by atoms with Gasteiger partial charge in [-0.05, 0) is 52.4 Å². The van der Waals surface area contributed by atoms with Crippen molar-refractivity contribution in [1.82, 2.24) is 5.32 Å². The molecule has 0 spiro atoms. The van der Waals surface area contributed by atoms with Crippen LogP contribution in [0.4, 0.5) is 13.2 Å². The molecule has 208 valence electrons. The SMILES string of the molecule is C[C@H](NC(=O)[C@H](Cc1ccc(-c2ccccc2)cc1)CP(=O)(O)C(N)c1ccsc1)C(=O)OC(=O)C(F)(F)F. The van der Waals surface area contributed by atoms with Crippen molar-refractivity contribution in [2.45, 2.75) is 31.3 Å². The number of hydrogen-bond donors (Lipinski definition) is 3. The lowest BCUT2D eigenvalue weighted by atomic mass is 9.97. The fraction of sp³-hybridized carbons (Fsp3) is 0.269. The molecule has 4 N–H and O–H groups in total. The zero-order chi connectivity index (χ0) is 28.8. The maximum absolute atomic E-state index is 13.2. The average Bonchev–Trinajstić information content (AvgIpc) is 3.43. The summed E-state index contributed by atoms with van der Waals surface area (Å²) in [6, 6.07) is 16.5. The molecule has 0 radical (unpaired) electrons. The van der Waals surface area contributed by atoms with Crippen LogP contribution in [0.25, 0.3) is 11.1 Å². The second-order valence-corrected chi connectivity index (χ2v) is 12.1. The van der Waals surface area contributed by atoms with Crippen LogP contribution in [0.3, 0.4) is 0 Å². The molecular formula is C26H26F3N2O6PS. The van der Waals surface area contributed by atoms with Crippen LogP contribution in [0.1, 0.15) is 23.8 Å². The summed E-state index contributed by atoms with van der Waals surface area (Å²) in [7, 11) is -4.18. The summed E-state index contributed by atoms with van der Waals surface area (Å²) in [4.78, 5) is 46.9. The molecule has 3 aromatic rings. The van der Waals surface area contributed by atoms with Crippen molar-refractivity contribution in [3.8, 4) is 11.1 Å². The van der Waals surface area contributed by atoms with E-state index in [4.69, 9.17) is 5.73 Å². The van der Waals surface area contributed by atoms with Crippen molar-refractivity contribution in [2.24, 2.45) is 11.7 Å². The van der Waals surface area contributed by atoms with E-state index < -0.39 is 55.3 Å². The van der Waals surface area contributed by atoms with E-state index in [9.17, 15) is 37.0 Å². The van der Waals surface area contributed by atoms with Gasteiger partial charge in [0.2, 0.25) is 13.3 Å². The molecule has 0 fully saturated rings. The lowest BCUT2D eigenvalue weighted by Crippen LogP contribution is -2.45. The molecule has 0 aliphatic heterocycles. The molecule has 2 aromatic carbocycles. The number of amides is 1. The van der Waals surface area contributed by atoms with E-state index in [-0.39, 0.29) is 6.42 Å². The lowest BCUT2D eigenvalue weighted by molar-refractivity contribution is -0.202. The Morgan fingerprint density at radius 1 is 1.05 bits per heavy atom. The van der Waals surface area contributed by atoms with Gasteiger partial charge in [0.05, 0.1) is 5.92 Å². The van der Waals surface area contributed by atoms with Crippen LogP contribution in [0.2, 0.25) is 0 Å². The minimum atomic E-state index is -5.39. The largest absolute Gasteiger partial charge is 0.491 e. The van der Waals surface area contributed by atoms with Gasteiger partial charge in [-0.2, -0.15) is 24.5 Å². The summed E-state index contributed by atoms with van der Waals surface area (Å²) in [5.41, 5.74) is 8.94. The third kappa shape index (κ3) is 8.34. The lowest BCUT2D eigenvalue weighted by Gasteiger charge is -2.25. The summed E-state index contributed by atoms with van der Waals surface area (Å²) in [6.07, 6.45) is -6.00. The molecule has 0 bridgehead atoms. The monoisotopic (exact) mass is 582 g/mol. The number of carbonyl (C=O) groups excluding carboxylic acids is 3. The maximum atomic E-state index is 13.2. The van der Waals surface area contributed by atoms with Crippen molar-refractivity contribution >= 4 is 36.6 Å². The molecule has 2 unspecified atom stereocenters. The molecule has 4 atom stereocenters. The Kier molecular flexibility index (Phi) is 9.84. The van der Waals surface area contributed by atoms with E-state index in [1.165, 1.54) is 11.3 Å². The number of halogens is 3. The van der Waals surface area contributed by atoms with Gasteiger partial charge in [-0.3, -0.25) is 9.36 Å². The van der Waals surface area contributed by atoms with Gasteiger partial charge in [-0.15, -0.1) is 0 Å². The fourth-order valence-corrected chi connectivity index (χ4v) is 6.30. The Morgan fingerprint density at radius 2 is 1.67 bits per heavy atom. The Hall–Kier alpha value is -3.31. The minimum absolute atomic E-state index is 0.0366. The van der Waals surface area contributed by atoms with Crippen LogP contribution in [-0.2, 0) is 30.1 Å². The van der Waals surface area contributed by atoms with E-state index >= 15 is 0 Å². The molecule has 0 aliphatic rings. The standard InChI is InChI=1S/C26H26F3N2O6PS/c1-16(24(33)37-25(34)26(27,28)29)31-23(32)21(14-38(35,36)22(30)20-11-12-39-15-20)13-17-7-9-19(10-8-17)18-5-3-2-4-6-18/h2-12,15-16,21-22H,13-14,30H2,1H3,(H,31,32)(H,35,36)/t16-,21+,22?/m0/s1. The predicted octanol–water partition coefficient (Wildman–Crippen LogP) is 4.64. The van der Waals surface area contributed by atoms with Gasteiger partial charge in [0, 0.05) is 6.16 Å². The van der Waals surface area contributed by atoms with Crippen molar-refractivity contribution in [2.75, 3.05) is 6.16 Å². The molecule has 1 heterocycles.